The maximum Gasteiger partial charge on any atom is 0.344 e. The van der Waals surface area contributed by atoms with Crippen molar-refractivity contribution in [3.05, 3.63) is 65.7 Å². The van der Waals surface area contributed by atoms with E-state index in [1.807, 2.05) is 0 Å². The molecule has 2 heterocycles. The zero-order valence-corrected chi connectivity index (χ0v) is 17.7. The molecule has 2 aromatic rings. The molecule has 0 saturated carbocycles. The molecule has 0 aliphatic carbocycles. The monoisotopic (exact) mass is 442 g/mol. The number of sulfonamides is 1. The van der Waals surface area contributed by atoms with Gasteiger partial charge in [-0.3, -0.25) is 15.0 Å². The molecule has 2 aliphatic heterocycles. The van der Waals surface area contributed by atoms with E-state index in [-0.39, 0.29) is 10.5 Å². The fourth-order valence-corrected chi connectivity index (χ4v) is 5.31. The Bertz CT molecular complexity index is 1150. The van der Waals surface area contributed by atoms with Crippen LogP contribution in [0.1, 0.15) is 35.7 Å². The van der Waals surface area contributed by atoms with Gasteiger partial charge in [0, 0.05) is 18.7 Å². The minimum atomic E-state index is -3.70. The summed E-state index contributed by atoms with van der Waals surface area (Å²) in [6.07, 6.45) is 1.59. The van der Waals surface area contributed by atoms with Crippen molar-refractivity contribution < 1.29 is 22.8 Å². The first kappa shape index (κ1) is 21.0. The summed E-state index contributed by atoms with van der Waals surface area (Å²) < 4.78 is 26.9. The van der Waals surface area contributed by atoms with Crippen LogP contribution in [0.4, 0.5) is 4.79 Å². The molecule has 2 aliphatic rings. The van der Waals surface area contributed by atoms with Crippen LogP contribution in [-0.2, 0) is 20.4 Å². The first-order chi connectivity index (χ1) is 14.7. The highest BCUT2D eigenvalue weighted by Crippen LogP contribution is 2.28. The van der Waals surface area contributed by atoms with Crippen LogP contribution in [0.15, 0.2) is 59.5 Å². The number of carbonyl (C=O) groups is 3. The predicted molar refractivity (Wildman–Crippen MR) is 111 cm³/mol. The Morgan fingerprint density at radius 2 is 1.71 bits per heavy atom. The molecule has 31 heavy (non-hydrogen) atoms. The first-order valence-corrected chi connectivity index (χ1v) is 11.3. The third-order valence-electron chi connectivity index (χ3n) is 5.55. The summed E-state index contributed by atoms with van der Waals surface area (Å²) in [7, 11) is -3.70. The van der Waals surface area contributed by atoms with Gasteiger partial charge in [0.2, 0.25) is 10.0 Å². The molecule has 162 valence electrons. The molecule has 9 nitrogen and oxygen atoms in total. The molecule has 1 unspecified atom stereocenters. The van der Waals surface area contributed by atoms with Crippen LogP contribution in [-0.4, -0.2) is 48.7 Å². The SMILES string of the molecule is CC1(c2ccccc2)NC(=O)N(NC(=O)c2cccc(S(=O)(=O)N3CCCC3)c2)C1=O. The Kier molecular flexibility index (Phi) is 5.28. The summed E-state index contributed by atoms with van der Waals surface area (Å²) in [6, 6.07) is 13.5. The van der Waals surface area contributed by atoms with Crippen molar-refractivity contribution in [3.63, 3.8) is 0 Å². The van der Waals surface area contributed by atoms with E-state index in [1.165, 1.54) is 28.6 Å². The number of hydrogen-bond acceptors (Lipinski definition) is 5. The highest BCUT2D eigenvalue weighted by atomic mass is 32.2. The summed E-state index contributed by atoms with van der Waals surface area (Å²) in [4.78, 5) is 38.1. The summed E-state index contributed by atoms with van der Waals surface area (Å²) in [5.41, 5.74) is 1.56. The van der Waals surface area contributed by atoms with Crippen molar-refractivity contribution in [2.24, 2.45) is 0 Å². The average Bonchev–Trinajstić information content (AvgIpc) is 3.39. The van der Waals surface area contributed by atoms with Gasteiger partial charge in [-0.05, 0) is 43.5 Å². The lowest BCUT2D eigenvalue weighted by Gasteiger charge is -2.22. The van der Waals surface area contributed by atoms with Crippen molar-refractivity contribution in [2.75, 3.05) is 13.1 Å². The van der Waals surface area contributed by atoms with Gasteiger partial charge >= 0.3 is 6.03 Å². The van der Waals surface area contributed by atoms with Gasteiger partial charge in [-0.2, -0.15) is 9.31 Å². The third-order valence-corrected chi connectivity index (χ3v) is 7.45. The number of benzene rings is 2. The van der Waals surface area contributed by atoms with Crippen molar-refractivity contribution >= 4 is 27.9 Å². The molecule has 2 N–H and O–H groups in total. The zero-order chi connectivity index (χ0) is 22.2. The van der Waals surface area contributed by atoms with Crippen molar-refractivity contribution in [1.29, 1.82) is 0 Å². The van der Waals surface area contributed by atoms with Crippen LogP contribution in [0, 0.1) is 0 Å². The van der Waals surface area contributed by atoms with E-state index < -0.39 is 33.4 Å². The van der Waals surface area contributed by atoms with Crippen LogP contribution in [0.3, 0.4) is 0 Å². The normalized spacial score (nSPS) is 21.9. The van der Waals surface area contributed by atoms with E-state index >= 15 is 0 Å². The molecular weight excluding hydrogens is 420 g/mol. The van der Waals surface area contributed by atoms with E-state index in [0.717, 1.165) is 12.8 Å². The second-order valence-corrected chi connectivity index (χ2v) is 9.58. The second kappa shape index (κ2) is 7.78. The van der Waals surface area contributed by atoms with Crippen molar-refractivity contribution in [3.8, 4) is 0 Å². The predicted octanol–water partition coefficient (Wildman–Crippen LogP) is 1.58. The van der Waals surface area contributed by atoms with Gasteiger partial charge in [0.1, 0.15) is 5.54 Å². The van der Waals surface area contributed by atoms with Gasteiger partial charge in [-0.1, -0.05) is 36.4 Å². The number of nitrogens with one attached hydrogen (secondary N) is 2. The number of carbonyl (C=O) groups excluding carboxylic acids is 3. The quantitative estimate of drug-likeness (QED) is 0.682. The van der Waals surface area contributed by atoms with E-state index in [2.05, 4.69) is 10.7 Å². The molecule has 0 aromatic heterocycles. The summed E-state index contributed by atoms with van der Waals surface area (Å²) in [6.45, 7) is 2.44. The highest BCUT2D eigenvalue weighted by molar-refractivity contribution is 7.89. The number of hydrogen-bond donors (Lipinski definition) is 2. The molecule has 2 aromatic carbocycles. The fraction of sp³-hybridized carbons (Fsp3) is 0.286. The smallest absolute Gasteiger partial charge is 0.318 e. The largest absolute Gasteiger partial charge is 0.344 e. The lowest BCUT2D eigenvalue weighted by Crippen LogP contribution is -2.47. The standard InChI is InChI=1S/C21H22N4O5S/c1-21(16-9-3-2-4-10-16)19(27)25(20(28)22-21)23-18(26)15-8-7-11-17(14-15)31(29,30)24-12-5-6-13-24/h2-4,7-11,14H,5-6,12-13H2,1H3,(H,22,28)(H,23,26). The van der Waals surface area contributed by atoms with E-state index in [1.54, 1.807) is 37.3 Å². The molecule has 0 spiro atoms. The Morgan fingerprint density at radius 3 is 2.39 bits per heavy atom. The number of rotatable bonds is 5. The number of nitrogens with zero attached hydrogens (tertiary/aromatic N) is 2. The van der Waals surface area contributed by atoms with Gasteiger partial charge in [0.15, 0.2) is 0 Å². The topological polar surface area (TPSA) is 116 Å². The van der Waals surface area contributed by atoms with Gasteiger partial charge in [-0.25, -0.2) is 13.2 Å². The maximum absolute atomic E-state index is 12.9. The third kappa shape index (κ3) is 3.68. The molecule has 0 radical (unpaired) electrons. The zero-order valence-electron chi connectivity index (χ0n) is 16.9. The molecular formula is C21H22N4O5S. The first-order valence-electron chi connectivity index (χ1n) is 9.87. The summed E-state index contributed by atoms with van der Waals surface area (Å²) in [5.74, 6) is -1.41. The summed E-state index contributed by atoms with van der Waals surface area (Å²) >= 11 is 0. The van der Waals surface area contributed by atoms with Gasteiger partial charge in [-0.15, -0.1) is 0 Å². The Hall–Kier alpha value is -3.24. The maximum atomic E-state index is 12.9. The number of amides is 4. The van der Waals surface area contributed by atoms with Crippen LogP contribution >= 0.6 is 0 Å². The minimum Gasteiger partial charge on any atom is -0.318 e. The van der Waals surface area contributed by atoms with Crippen LogP contribution < -0.4 is 10.7 Å². The van der Waals surface area contributed by atoms with Crippen LogP contribution in [0.5, 0.6) is 0 Å². The Balaban J connectivity index is 1.55. The molecule has 4 rings (SSSR count). The Morgan fingerprint density at radius 1 is 1.03 bits per heavy atom. The molecule has 2 saturated heterocycles. The molecule has 2 fully saturated rings. The number of imide groups is 1. The number of urea groups is 1. The van der Waals surface area contributed by atoms with E-state index in [0.29, 0.717) is 23.7 Å². The minimum absolute atomic E-state index is 0.00614. The Labute approximate surface area is 180 Å². The van der Waals surface area contributed by atoms with Crippen molar-refractivity contribution in [1.82, 2.24) is 20.1 Å². The van der Waals surface area contributed by atoms with E-state index in [4.69, 9.17) is 0 Å². The molecule has 0 bridgehead atoms. The fourth-order valence-electron chi connectivity index (χ4n) is 3.75. The highest BCUT2D eigenvalue weighted by Gasteiger charge is 2.50. The molecule has 10 heteroatoms. The van der Waals surface area contributed by atoms with Crippen LogP contribution in [0.25, 0.3) is 0 Å². The van der Waals surface area contributed by atoms with Gasteiger partial charge in [0.05, 0.1) is 4.90 Å². The molecule has 1 atom stereocenters. The number of hydrazine groups is 1. The lowest BCUT2D eigenvalue weighted by atomic mass is 9.92. The van der Waals surface area contributed by atoms with Crippen molar-refractivity contribution in [2.45, 2.75) is 30.2 Å². The van der Waals surface area contributed by atoms with Crippen LogP contribution in [0.2, 0.25) is 0 Å². The molecule has 4 amide bonds. The average molecular weight is 442 g/mol. The lowest BCUT2D eigenvalue weighted by molar-refractivity contribution is -0.132. The summed E-state index contributed by atoms with van der Waals surface area (Å²) in [5, 5.41) is 3.22. The second-order valence-electron chi connectivity index (χ2n) is 7.64. The van der Waals surface area contributed by atoms with Gasteiger partial charge in [0.25, 0.3) is 11.8 Å². The van der Waals surface area contributed by atoms with Gasteiger partial charge < -0.3 is 5.32 Å². The van der Waals surface area contributed by atoms with E-state index in [9.17, 15) is 22.8 Å².